The molecular formula is C19H36N2O. The highest BCUT2D eigenvalue weighted by atomic mass is 16.3. The van der Waals surface area contributed by atoms with Crippen LogP contribution in [-0.4, -0.2) is 47.3 Å². The van der Waals surface area contributed by atoms with Gasteiger partial charge in [0, 0.05) is 31.2 Å². The molecule has 0 aromatic heterocycles. The lowest BCUT2D eigenvalue weighted by atomic mass is 9.78. The first-order valence-electron chi connectivity index (χ1n) is 9.83. The molecule has 0 bridgehead atoms. The summed E-state index contributed by atoms with van der Waals surface area (Å²) in [7, 11) is 0. The van der Waals surface area contributed by atoms with Crippen molar-refractivity contribution in [2.45, 2.75) is 95.9 Å². The molecule has 2 aliphatic carbocycles. The molecule has 22 heavy (non-hydrogen) atoms. The van der Waals surface area contributed by atoms with Gasteiger partial charge >= 0.3 is 0 Å². The third kappa shape index (κ3) is 4.04. The van der Waals surface area contributed by atoms with E-state index in [1.807, 2.05) is 0 Å². The second-order valence-corrected chi connectivity index (χ2v) is 8.35. The second-order valence-electron chi connectivity index (χ2n) is 8.35. The molecule has 1 heterocycles. The van der Waals surface area contributed by atoms with Crippen molar-refractivity contribution in [3.8, 4) is 0 Å². The molecule has 128 valence electrons. The summed E-state index contributed by atoms with van der Waals surface area (Å²) in [6, 6.07) is 2.12. The molecule has 3 heteroatoms. The van der Waals surface area contributed by atoms with Gasteiger partial charge in [-0.25, -0.2) is 0 Å². The van der Waals surface area contributed by atoms with E-state index in [0.717, 1.165) is 31.0 Å². The maximum absolute atomic E-state index is 10.4. The van der Waals surface area contributed by atoms with Crippen molar-refractivity contribution in [1.82, 2.24) is 10.2 Å². The lowest BCUT2D eigenvalue weighted by molar-refractivity contribution is -0.0115. The van der Waals surface area contributed by atoms with Gasteiger partial charge in [-0.05, 0) is 50.4 Å². The largest absolute Gasteiger partial charge is 0.393 e. The van der Waals surface area contributed by atoms with Crippen LogP contribution in [-0.2, 0) is 0 Å². The molecule has 3 nitrogen and oxygen atoms in total. The Balaban J connectivity index is 1.58. The number of likely N-dealkylation sites (tertiary alicyclic amines) is 1. The average molecular weight is 309 g/mol. The Morgan fingerprint density at radius 1 is 1.05 bits per heavy atom. The van der Waals surface area contributed by atoms with Gasteiger partial charge in [-0.2, -0.15) is 0 Å². The van der Waals surface area contributed by atoms with Gasteiger partial charge in [-0.1, -0.05) is 33.1 Å². The molecule has 3 atom stereocenters. The molecule has 3 rings (SSSR count). The Kier molecular flexibility index (Phi) is 5.80. The van der Waals surface area contributed by atoms with Crippen LogP contribution >= 0.6 is 0 Å². The van der Waals surface area contributed by atoms with Gasteiger partial charge < -0.3 is 10.4 Å². The van der Waals surface area contributed by atoms with Crippen molar-refractivity contribution in [1.29, 1.82) is 0 Å². The van der Waals surface area contributed by atoms with E-state index in [9.17, 15) is 5.11 Å². The van der Waals surface area contributed by atoms with Crippen molar-refractivity contribution in [3.63, 3.8) is 0 Å². The van der Waals surface area contributed by atoms with Crippen LogP contribution < -0.4 is 5.32 Å². The summed E-state index contributed by atoms with van der Waals surface area (Å²) in [6.45, 7) is 6.82. The molecule has 0 amide bonds. The van der Waals surface area contributed by atoms with Crippen LogP contribution in [0.3, 0.4) is 0 Å². The average Bonchev–Trinajstić information content (AvgIpc) is 2.51. The van der Waals surface area contributed by atoms with Gasteiger partial charge in [-0.3, -0.25) is 4.90 Å². The molecule has 2 N–H and O–H groups in total. The molecule has 3 fully saturated rings. The minimum atomic E-state index is -0.115. The highest BCUT2D eigenvalue weighted by Crippen LogP contribution is 2.35. The van der Waals surface area contributed by atoms with Crippen LogP contribution in [0.25, 0.3) is 0 Å². The molecule has 3 aliphatic rings. The SMILES string of the molecule is CCC(O)C1CC(NC2CCCCC2)CN(C2CC(C)C2)C1. The molecular weight excluding hydrogens is 272 g/mol. The topological polar surface area (TPSA) is 35.5 Å². The summed E-state index contributed by atoms with van der Waals surface area (Å²) >= 11 is 0. The molecule has 1 aliphatic heterocycles. The zero-order chi connectivity index (χ0) is 15.5. The van der Waals surface area contributed by atoms with Crippen molar-refractivity contribution in [2.75, 3.05) is 13.1 Å². The quantitative estimate of drug-likeness (QED) is 0.819. The molecule has 0 aromatic carbocycles. The number of hydrogen-bond donors (Lipinski definition) is 2. The first-order valence-corrected chi connectivity index (χ1v) is 9.83. The molecule has 2 saturated carbocycles. The maximum atomic E-state index is 10.4. The standard InChI is InChI=1S/C19H36N2O/c1-3-19(22)15-11-17(20-16-7-5-4-6-8-16)13-21(12-15)18-9-14(2)10-18/h14-20,22H,3-13H2,1-2H3. The molecule has 0 aromatic rings. The number of piperidine rings is 1. The smallest absolute Gasteiger partial charge is 0.0578 e. The van der Waals surface area contributed by atoms with Gasteiger partial charge in [0.05, 0.1) is 6.10 Å². The zero-order valence-corrected chi connectivity index (χ0v) is 14.6. The third-order valence-electron chi connectivity index (χ3n) is 6.42. The first-order chi connectivity index (χ1) is 10.7. The normalized spacial score (nSPS) is 39.4. The van der Waals surface area contributed by atoms with Crippen molar-refractivity contribution in [2.24, 2.45) is 11.8 Å². The fraction of sp³-hybridized carbons (Fsp3) is 1.00. The Labute approximate surface area is 136 Å². The second kappa shape index (κ2) is 7.63. The van der Waals surface area contributed by atoms with Crippen LogP contribution in [0.5, 0.6) is 0 Å². The van der Waals surface area contributed by atoms with Crippen molar-refractivity contribution >= 4 is 0 Å². The number of aliphatic hydroxyl groups is 1. The minimum Gasteiger partial charge on any atom is -0.393 e. The molecule has 0 radical (unpaired) electrons. The molecule has 0 spiro atoms. The Morgan fingerprint density at radius 2 is 1.77 bits per heavy atom. The van der Waals surface area contributed by atoms with Crippen LogP contribution in [0.15, 0.2) is 0 Å². The molecule has 1 saturated heterocycles. The summed E-state index contributed by atoms with van der Waals surface area (Å²) < 4.78 is 0. The summed E-state index contributed by atoms with van der Waals surface area (Å²) in [6.07, 6.45) is 11.6. The Bertz CT molecular complexity index is 334. The summed E-state index contributed by atoms with van der Waals surface area (Å²) in [5.74, 6) is 1.38. The Hall–Kier alpha value is -0.120. The lowest BCUT2D eigenvalue weighted by Crippen LogP contribution is -2.58. The van der Waals surface area contributed by atoms with Gasteiger partial charge in [0.15, 0.2) is 0 Å². The number of aliphatic hydroxyl groups excluding tert-OH is 1. The number of nitrogens with one attached hydrogen (secondary N) is 1. The van der Waals surface area contributed by atoms with E-state index < -0.39 is 0 Å². The van der Waals surface area contributed by atoms with Crippen molar-refractivity contribution in [3.05, 3.63) is 0 Å². The number of nitrogens with zero attached hydrogens (tertiary/aromatic N) is 1. The van der Waals surface area contributed by atoms with E-state index >= 15 is 0 Å². The van der Waals surface area contributed by atoms with E-state index in [0.29, 0.717) is 12.0 Å². The van der Waals surface area contributed by atoms with Crippen molar-refractivity contribution < 1.29 is 5.11 Å². The predicted octanol–water partition coefficient (Wildman–Crippen LogP) is 3.17. The number of hydrogen-bond acceptors (Lipinski definition) is 3. The van der Waals surface area contributed by atoms with E-state index in [1.165, 1.54) is 57.9 Å². The first kappa shape index (κ1) is 16.7. The van der Waals surface area contributed by atoms with Gasteiger partial charge in [-0.15, -0.1) is 0 Å². The summed E-state index contributed by atoms with van der Waals surface area (Å²) in [5, 5.41) is 14.4. The van der Waals surface area contributed by atoms with Crippen LogP contribution in [0, 0.1) is 11.8 Å². The third-order valence-corrected chi connectivity index (χ3v) is 6.42. The van der Waals surface area contributed by atoms with Gasteiger partial charge in [0.25, 0.3) is 0 Å². The number of rotatable bonds is 5. The van der Waals surface area contributed by atoms with Crippen LogP contribution in [0.2, 0.25) is 0 Å². The van der Waals surface area contributed by atoms with Gasteiger partial charge in [0.2, 0.25) is 0 Å². The highest BCUT2D eigenvalue weighted by Gasteiger charge is 2.38. The molecule has 3 unspecified atom stereocenters. The highest BCUT2D eigenvalue weighted by molar-refractivity contribution is 4.94. The zero-order valence-electron chi connectivity index (χ0n) is 14.6. The van der Waals surface area contributed by atoms with Crippen LogP contribution in [0.1, 0.15) is 71.6 Å². The predicted molar refractivity (Wildman–Crippen MR) is 92.0 cm³/mol. The fourth-order valence-corrected chi connectivity index (χ4v) is 4.96. The Morgan fingerprint density at radius 3 is 2.41 bits per heavy atom. The van der Waals surface area contributed by atoms with E-state index in [1.54, 1.807) is 0 Å². The van der Waals surface area contributed by atoms with Crippen LogP contribution in [0.4, 0.5) is 0 Å². The van der Waals surface area contributed by atoms with E-state index in [-0.39, 0.29) is 6.10 Å². The lowest BCUT2D eigenvalue weighted by Gasteiger charge is -2.49. The summed E-state index contributed by atoms with van der Waals surface area (Å²) in [4.78, 5) is 2.70. The summed E-state index contributed by atoms with van der Waals surface area (Å²) in [5.41, 5.74) is 0. The monoisotopic (exact) mass is 308 g/mol. The fourth-order valence-electron chi connectivity index (χ4n) is 4.96. The minimum absolute atomic E-state index is 0.115. The van der Waals surface area contributed by atoms with Gasteiger partial charge in [0.1, 0.15) is 0 Å². The van der Waals surface area contributed by atoms with E-state index in [4.69, 9.17) is 0 Å². The maximum Gasteiger partial charge on any atom is 0.0578 e. The van der Waals surface area contributed by atoms with E-state index in [2.05, 4.69) is 24.1 Å².